The van der Waals surface area contributed by atoms with Gasteiger partial charge in [-0.25, -0.2) is 4.98 Å². The third-order valence-corrected chi connectivity index (χ3v) is 5.95. The number of imidazole rings is 1. The molecule has 2 aromatic heterocycles. The molecule has 0 unspecified atom stereocenters. The van der Waals surface area contributed by atoms with Crippen molar-refractivity contribution in [2.75, 3.05) is 18.5 Å². The first-order valence-corrected chi connectivity index (χ1v) is 11.8. The van der Waals surface area contributed by atoms with Crippen molar-refractivity contribution < 1.29 is 14.9 Å². The number of nitrogens with one attached hydrogen (secondary N) is 2. The molecule has 4 N–H and O–H groups in total. The van der Waals surface area contributed by atoms with E-state index >= 15 is 0 Å². The van der Waals surface area contributed by atoms with Crippen LogP contribution in [-0.2, 0) is 4.74 Å². The summed E-state index contributed by atoms with van der Waals surface area (Å²) in [6.45, 7) is 2.72. The SMILES string of the molecule is CCCCCCCCCCCCNc1nc2c(ncn2[C@H]2C[C@H](O)[C@@H](CO)O2)c(=O)[nH]1. The number of ether oxygens (including phenoxy) is 1. The zero-order valence-electron chi connectivity index (χ0n) is 18.6. The standard InChI is InChI=1S/C22H37N5O4/c1-2-3-4-5-6-7-8-9-10-11-12-23-22-25-20-19(21(30)26-22)24-15-27(20)18-13-16(29)17(14-28)31-18/h15-18,28-29H,2-14H2,1H3,(H2,23,25,26,30)/t16-,17+,18+/m0/s1. The highest BCUT2D eigenvalue weighted by Crippen LogP contribution is 2.30. The molecule has 0 radical (unpaired) electrons. The second-order valence-electron chi connectivity index (χ2n) is 8.46. The Morgan fingerprint density at radius 2 is 1.84 bits per heavy atom. The number of anilines is 1. The Morgan fingerprint density at radius 3 is 2.48 bits per heavy atom. The number of H-pyrrole nitrogens is 1. The fourth-order valence-corrected chi connectivity index (χ4v) is 4.09. The maximum absolute atomic E-state index is 12.4. The average Bonchev–Trinajstić information content (AvgIpc) is 3.35. The van der Waals surface area contributed by atoms with Crippen molar-refractivity contribution in [3.8, 4) is 0 Å². The van der Waals surface area contributed by atoms with Crippen molar-refractivity contribution in [1.29, 1.82) is 0 Å². The van der Waals surface area contributed by atoms with Crippen LogP contribution in [0.25, 0.3) is 11.2 Å². The Bertz CT molecular complexity index is 852. The first-order valence-electron chi connectivity index (χ1n) is 11.8. The predicted molar refractivity (Wildman–Crippen MR) is 120 cm³/mol. The summed E-state index contributed by atoms with van der Waals surface area (Å²) in [7, 11) is 0. The molecule has 31 heavy (non-hydrogen) atoms. The summed E-state index contributed by atoms with van der Waals surface area (Å²) in [5, 5.41) is 22.5. The molecular weight excluding hydrogens is 398 g/mol. The number of fused-ring (bicyclic) bond motifs is 1. The molecule has 0 aromatic carbocycles. The summed E-state index contributed by atoms with van der Waals surface area (Å²) in [5.74, 6) is 0.410. The Balaban J connectivity index is 1.45. The number of rotatable bonds is 14. The second kappa shape index (κ2) is 12.2. The molecule has 0 bridgehead atoms. The molecule has 0 amide bonds. The van der Waals surface area contributed by atoms with Gasteiger partial charge in [0.25, 0.3) is 5.56 Å². The minimum absolute atomic E-state index is 0.232. The van der Waals surface area contributed by atoms with Gasteiger partial charge in [-0.2, -0.15) is 4.98 Å². The van der Waals surface area contributed by atoms with E-state index in [1.165, 1.54) is 57.7 Å². The molecule has 174 valence electrons. The molecule has 9 heteroatoms. The fraction of sp³-hybridized carbons (Fsp3) is 0.773. The van der Waals surface area contributed by atoms with Crippen molar-refractivity contribution in [2.45, 2.75) is 96.0 Å². The van der Waals surface area contributed by atoms with Crippen molar-refractivity contribution in [3.05, 3.63) is 16.7 Å². The van der Waals surface area contributed by atoms with Crippen LogP contribution in [0.2, 0.25) is 0 Å². The maximum atomic E-state index is 12.4. The van der Waals surface area contributed by atoms with E-state index in [1.807, 2.05) is 0 Å². The molecule has 1 aliphatic heterocycles. The molecule has 3 rings (SSSR count). The molecule has 1 aliphatic rings. The monoisotopic (exact) mass is 435 g/mol. The summed E-state index contributed by atoms with van der Waals surface area (Å²) in [5.41, 5.74) is 0.326. The first-order chi connectivity index (χ1) is 15.1. The van der Waals surface area contributed by atoms with Gasteiger partial charge in [-0.15, -0.1) is 0 Å². The van der Waals surface area contributed by atoms with Gasteiger partial charge in [-0.1, -0.05) is 64.7 Å². The van der Waals surface area contributed by atoms with E-state index in [9.17, 15) is 15.0 Å². The Morgan fingerprint density at radius 1 is 1.16 bits per heavy atom. The molecule has 1 fully saturated rings. The molecule has 3 atom stereocenters. The lowest BCUT2D eigenvalue weighted by molar-refractivity contribution is -0.0432. The minimum atomic E-state index is -0.761. The summed E-state index contributed by atoms with van der Waals surface area (Å²) in [6, 6.07) is 0. The zero-order valence-corrected chi connectivity index (χ0v) is 18.6. The minimum Gasteiger partial charge on any atom is -0.394 e. The van der Waals surface area contributed by atoms with Crippen LogP contribution in [0.3, 0.4) is 0 Å². The van der Waals surface area contributed by atoms with Crippen LogP contribution in [0.15, 0.2) is 11.1 Å². The van der Waals surface area contributed by atoms with Gasteiger partial charge in [0, 0.05) is 13.0 Å². The number of hydrogen-bond donors (Lipinski definition) is 4. The van der Waals surface area contributed by atoms with Crippen molar-refractivity contribution in [3.63, 3.8) is 0 Å². The van der Waals surface area contributed by atoms with Crippen LogP contribution < -0.4 is 10.9 Å². The molecule has 0 aliphatic carbocycles. The Kier molecular flexibility index (Phi) is 9.30. The largest absolute Gasteiger partial charge is 0.394 e. The number of aromatic amines is 1. The smallest absolute Gasteiger partial charge is 0.280 e. The van der Waals surface area contributed by atoms with E-state index < -0.39 is 18.4 Å². The van der Waals surface area contributed by atoms with Gasteiger partial charge < -0.3 is 20.3 Å². The number of unbranched alkanes of at least 4 members (excludes halogenated alkanes) is 9. The highest BCUT2D eigenvalue weighted by atomic mass is 16.5. The Labute approximate surface area is 183 Å². The van der Waals surface area contributed by atoms with Crippen LogP contribution in [-0.4, -0.2) is 55.1 Å². The van der Waals surface area contributed by atoms with Crippen molar-refractivity contribution >= 4 is 17.1 Å². The normalized spacial score (nSPS) is 21.2. The van der Waals surface area contributed by atoms with Gasteiger partial charge in [0.05, 0.1) is 19.0 Å². The topological polar surface area (TPSA) is 125 Å². The molecule has 3 heterocycles. The van der Waals surface area contributed by atoms with E-state index in [1.54, 1.807) is 4.57 Å². The maximum Gasteiger partial charge on any atom is 0.280 e. The quantitative estimate of drug-likeness (QED) is 0.336. The number of aliphatic hydroxyl groups is 2. The lowest BCUT2D eigenvalue weighted by Crippen LogP contribution is -2.24. The summed E-state index contributed by atoms with van der Waals surface area (Å²) >= 11 is 0. The van der Waals surface area contributed by atoms with Crippen LogP contribution in [0.1, 0.15) is 83.8 Å². The first kappa shape index (κ1) is 23.7. The van der Waals surface area contributed by atoms with Crippen molar-refractivity contribution in [1.82, 2.24) is 19.5 Å². The molecule has 0 saturated carbocycles. The molecule has 0 spiro atoms. The molecule has 2 aromatic rings. The molecule has 9 nitrogen and oxygen atoms in total. The summed E-state index contributed by atoms with van der Waals surface area (Å²) in [4.78, 5) is 23.8. The van der Waals surface area contributed by atoms with Gasteiger partial charge in [0.2, 0.25) is 5.95 Å². The highest BCUT2D eigenvalue weighted by molar-refractivity contribution is 5.70. The van der Waals surface area contributed by atoms with E-state index in [0.29, 0.717) is 18.0 Å². The number of aromatic nitrogens is 4. The third-order valence-electron chi connectivity index (χ3n) is 5.95. The van der Waals surface area contributed by atoms with Crippen LogP contribution in [0, 0.1) is 0 Å². The summed E-state index contributed by atoms with van der Waals surface area (Å²) < 4.78 is 7.33. The number of nitrogens with zero attached hydrogens (tertiary/aromatic N) is 3. The van der Waals surface area contributed by atoms with Gasteiger partial charge in [-0.05, 0) is 6.42 Å². The second-order valence-corrected chi connectivity index (χ2v) is 8.46. The third kappa shape index (κ3) is 6.51. The van der Waals surface area contributed by atoms with E-state index in [4.69, 9.17) is 4.74 Å². The number of hydrogen-bond acceptors (Lipinski definition) is 7. The van der Waals surface area contributed by atoms with Crippen molar-refractivity contribution in [2.24, 2.45) is 0 Å². The molecular formula is C22H37N5O4. The summed E-state index contributed by atoms with van der Waals surface area (Å²) in [6.07, 6.45) is 12.6. The lowest BCUT2D eigenvalue weighted by Gasteiger charge is -2.14. The fourth-order valence-electron chi connectivity index (χ4n) is 4.09. The molecule has 1 saturated heterocycles. The van der Waals surface area contributed by atoms with Gasteiger partial charge >= 0.3 is 0 Å². The van der Waals surface area contributed by atoms with Crippen LogP contribution in [0.4, 0.5) is 5.95 Å². The van der Waals surface area contributed by atoms with E-state index in [-0.39, 0.29) is 17.7 Å². The van der Waals surface area contributed by atoms with Crippen LogP contribution in [0.5, 0.6) is 0 Å². The zero-order chi connectivity index (χ0) is 22.1. The van der Waals surface area contributed by atoms with E-state index in [2.05, 4.69) is 27.2 Å². The van der Waals surface area contributed by atoms with Gasteiger partial charge in [0.1, 0.15) is 12.3 Å². The average molecular weight is 436 g/mol. The Hall–Kier alpha value is -1.97. The highest BCUT2D eigenvalue weighted by Gasteiger charge is 2.35. The van der Waals surface area contributed by atoms with E-state index in [0.717, 1.165) is 19.4 Å². The van der Waals surface area contributed by atoms with Crippen LogP contribution >= 0.6 is 0 Å². The number of aliphatic hydroxyl groups excluding tert-OH is 2. The van der Waals surface area contributed by atoms with Gasteiger partial charge in [0.15, 0.2) is 11.2 Å². The van der Waals surface area contributed by atoms with Gasteiger partial charge in [-0.3, -0.25) is 14.3 Å². The lowest BCUT2D eigenvalue weighted by atomic mass is 10.1. The predicted octanol–water partition coefficient (Wildman–Crippen LogP) is 3.09.